The molecule has 0 bridgehead atoms. The van der Waals surface area contributed by atoms with Gasteiger partial charge in [0.1, 0.15) is 17.6 Å². The average molecular weight is 466 g/mol. The zero-order valence-electron chi connectivity index (χ0n) is 18.7. The summed E-state index contributed by atoms with van der Waals surface area (Å²) >= 11 is 1.86. The molecule has 2 heterocycles. The lowest BCUT2D eigenvalue weighted by atomic mass is 10.1. The first-order chi connectivity index (χ1) is 16.1. The monoisotopic (exact) mass is 465 g/mol. The highest BCUT2D eigenvalue weighted by molar-refractivity contribution is 8.00. The Balaban J connectivity index is 1.42. The number of aromatic nitrogens is 2. The second-order valence-electron chi connectivity index (χ2n) is 7.85. The molecule has 7 nitrogen and oxygen atoms in total. The highest BCUT2D eigenvalue weighted by Crippen LogP contribution is 2.24. The van der Waals surface area contributed by atoms with Crippen LogP contribution in [-0.4, -0.2) is 46.4 Å². The molecule has 3 aromatic rings. The highest BCUT2D eigenvalue weighted by Gasteiger charge is 2.20. The van der Waals surface area contributed by atoms with Crippen LogP contribution in [0, 0.1) is 0 Å². The van der Waals surface area contributed by atoms with E-state index in [4.69, 9.17) is 9.47 Å². The molecule has 0 aliphatic carbocycles. The average Bonchev–Trinajstić information content (AvgIpc) is 2.82. The Bertz CT molecular complexity index is 1140. The predicted molar refractivity (Wildman–Crippen MR) is 130 cm³/mol. The van der Waals surface area contributed by atoms with Gasteiger partial charge in [0.05, 0.1) is 19.3 Å². The number of ether oxygens (including phenoxy) is 2. The van der Waals surface area contributed by atoms with Crippen LogP contribution in [0.2, 0.25) is 0 Å². The first-order valence-corrected chi connectivity index (χ1v) is 12.1. The van der Waals surface area contributed by atoms with Gasteiger partial charge < -0.3 is 14.8 Å². The third kappa shape index (κ3) is 5.76. The largest absolute Gasteiger partial charge is 0.497 e. The number of carbonyl (C=O) groups excluding carboxylic acids is 1. The van der Waals surface area contributed by atoms with Crippen LogP contribution >= 0.6 is 11.8 Å². The van der Waals surface area contributed by atoms with Crippen molar-refractivity contribution in [3.05, 3.63) is 76.6 Å². The molecule has 0 radical (unpaired) electrons. The molecule has 1 N–H and O–H groups in total. The topological polar surface area (TPSA) is 82.5 Å². The summed E-state index contributed by atoms with van der Waals surface area (Å²) in [6.07, 6.45) is 0.923. The summed E-state index contributed by atoms with van der Waals surface area (Å²) in [7, 11) is 1.61. The van der Waals surface area contributed by atoms with E-state index in [1.54, 1.807) is 25.3 Å². The number of nitrogens with one attached hydrogen (secondary N) is 1. The predicted octanol–water partition coefficient (Wildman–Crippen LogP) is 3.62. The second kappa shape index (κ2) is 10.6. The molecule has 0 saturated carbocycles. The molecule has 4 rings (SSSR count). The molecule has 0 unspecified atom stereocenters. The molecule has 8 heteroatoms. The van der Waals surface area contributed by atoms with E-state index in [1.807, 2.05) is 55.1 Å². The number of carbonyl (C=O) groups is 1. The fourth-order valence-electron chi connectivity index (χ4n) is 3.41. The Hall–Kier alpha value is -3.26. The summed E-state index contributed by atoms with van der Waals surface area (Å²) in [6.45, 7) is 2.25. The van der Waals surface area contributed by atoms with E-state index in [-0.39, 0.29) is 30.2 Å². The number of thioether (sulfide) groups is 1. The van der Waals surface area contributed by atoms with Gasteiger partial charge >= 0.3 is 0 Å². The van der Waals surface area contributed by atoms with Crippen molar-refractivity contribution in [1.29, 1.82) is 0 Å². The molecular formula is C25H27N3O4S. The summed E-state index contributed by atoms with van der Waals surface area (Å²) in [4.78, 5) is 25.2. The van der Waals surface area contributed by atoms with E-state index in [9.17, 15) is 9.59 Å². The van der Waals surface area contributed by atoms with Crippen LogP contribution in [0.5, 0.6) is 11.5 Å². The maximum absolute atomic E-state index is 12.8. The zero-order chi connectivity index (χ0) is 23.2. The maximum Gasteiger partial charge on any atom is 0.266 e. The third-order valence-electron chi connectivity index (χ3n) is 5.50. The molecule has 1 aliphatic rings. The number of amides is 1. The highest BCUT2D eigenvalue weighted by atomic mass is 32.2. The van der Waals surface area contributed by atoms with Crippen molar-refractivity contribution in [2.75, 3.05) is 18.6 Å². The third-order valence-corrected chi connectivity index (χ3v) is 6.72. The Kier molecular flexibility index (Phi) is 7.34. The van der Waals surface area contributed by atoms with Crippen molar-refractivity contribution in [1.82, 2.24) is 15.1 Å². The lowest BCUT2D eigenvalue weighted by Crippen LogP contribution is -2.40. The summed E-state index contributed by atoms with van der Waals surface area (Å²) in [5, 5.41) is 7.53. The minimum absolute atomic E-state index is 0.188. The SMILES string of the molecule is CC[C@H](Cn1nc(-c2ccc(OC)cc2)ccc1=O)NC(=O)c1ccc(OC2CSC2)cc1. The fraction of sp³-hybridized carbons (Fsp3) is 0.320. The number of methoxy groups -OCH3 is 1. The van der Waals surface area contributed by atoms with E-state index in [0.29, 0.717) is 17.7 Å². The molecule has 33 heavy (non-hydrogen) atoms. The van der Waals surface area contributed by atoms with E-state index >= 15 is 0 Å². The number of benzene rings is 2. The van der Waals surface area contributed by atoms with Gasteiger partial charge in [-0.25, -0.2) is 4.68 Å². The van der Waals surface area contributed by atoms with Crippen LogP contribution in [0.15, 0.2) is 65.5 Å². The second-order valence-corrected chi connectivity index (χ2v) is 8.92. The molecule has 1 amide bonds. The Labute approximate surface area is 197 Å². The van der Waals surface area contributed by atoms with Crippen LogP contribution in [0.3, 0.4) is 0 Å². The van der Waals surface area contributed by atoms with Crippen LogP contribution in [-0.2, 0) is 6.54 Å². The lowest BCUT2D eigenvalue weighted by molar-refractivity contribution is 0.0930. The quantitative estimate of drug-likeness (QED) is 0.520. The number of nitrogens with zero attached hydrogens (tertiary/aromatic N) is 2. The lowest BCUT2D eigenvalue weighted by Gasteiger charge is -2.25. The van der Waals surface area contributed by atoms with E-state index in [0.717, 1.165) is 28.6 Å². The fourth-order valence-corrected chi connectivity index (χ4v) is 3.97. The molecule has 1 aromatic heterocycles. The van der Waals surface area contributed by atoms with E-state index < -0.39 is 0 Å². The summed E-state index contributed by atoms with van der Waals surface area (Å²) in [5.74, 6) is 3.35. The van der Waals surface area contributed by atoms with Gasteiger partial charge in [-0.1, -0.05) is 6.92 Å². The number of rotatable bonds is 9. The number of hydrogen-bond acceptors (Lipinski definition) is 6. The molecule has 2 aromatic carbocycles. The molecule has 1 fully saturated rings. The maximum atomic E-state index is 12.8. The van der Waals surface area contributed by atoms with Crippen molar-refractivity contribution >= 4 is 17.7 Å². The van der Waals surface area contributed by atoms with Crippen molar-refractivity contribution < 1.29 is 14.3 Å². The first-order valence-electron chi connectivity index (χ1n) is 10.9. The molecule has 0 spiro atoms. The molecule has 1 aliphatic heterocycles. The van der Waals surface area contributed by atoms with Crippen LogP contribution in [0.4, 0.5) is 0 Å². The van der Waals surface area contributed by atoms with Crippen molar-refractivity contribution in [2.24, 2.45) is 0 Å². The molecule has 172 valence electrons. The Morgan fingerprint density at radius 1 is 1.09 bits per heavy atom. The van der Waals surface area contributed by atoms with Gasteiger partial charge in [-0.05, 0) is 61.0 Å². The van der Waals surface area contributed by atoms with E-state index in [1.165, 1.54) is 10.7 Å². The van der Waals surface area contributed by atoms with Crippen LogP contribution in [0.25, 0.3) is 11.3 Å². The van der Waals surface area contributed by atoms with E-state index in [2.05, 4.69) is 10.4 Å². The van der Waals surface area contributed by atoms with Gasteiger partial charge in [0, 0.05) is 34.7 Å². The minimum Gasteiger partial charge on any atom is -0.497 e. The van der Waals surface area contributed by atoms with Gasteiger partial charge in [-0.3, -0.25) is 9.59 Å². The molecular weight excluding hydrogens is 438 g/mol. The van der Waals surface area contributed by atoms with Gasteiger partial charge in [-0.15, -0.1) is 0 Å². The standard InChI is InChI=1S/C25H27N3O4S/c1-3-19(26-25(30)18-6-10-21(11-7-18)32-22-15-33-16-22)14-28-24(29)13-12-23(27-28)17-4-8-20(31-2)9-5-17/h4-13,19,22H,3,14-16H2,1-2H3,(H,26,30)/t19-/m1/s1. The normalized spacial score (nSPS) is 14.2. The molecule has 1 atom stereocenters. The summed E-state index contributed by atoms with van der Waals surface area (Å²) in [6, 6.07) is 17.6. The van der Waals surface area contributed by atoms with Crippen LogP contribution in [0.1, 0.15) is 23.7 Å². The molecule has 1 saturated heterocycles. The summed E-state index contributed by atoms with van der Waals surface area (Å²) < 4.78 is 12.4. The van der Waals surface area contributed by atoms with Crippen molar-refractivity contribution in [3.8, 4) is 22.8 Å². The minimum atomic E-state index is -0.239. The van der Waals surface area contributed by atoms with Gasteiger partial charge in [-0.2, -0.15) is 16.9 Å². The smallest absolute Gasteiger partial charge is 0.266 e. The van der Waals surface area contributed by atoms with Gasteiger partial charge in [0.25, 0.3) is 11.5 Å². The van der Waals surface area contributed by atoms with Crippen molar-refractivity contribution in [3.63, 3.8) is 0 Å². The zero-order valence-corrected chi connectivity index (χ0v) is 19.5. The summed E-state index contributed by atoms with van der Waals surface area (Å²) in [5.41, 5.74) is 1.90. The Morgan fingerprint density at radius 2 is 1.79 bits per heavy atom. The van der Waals surface area contributed by atoms with Crippen molar-refractivity contribution in [2.45, 2.75) is 32.0 Å². The first kappa shape index (κ1) is 22.9. The number of hydrogen-bond donors (Lipinski definition) is 1. The Morgan fingerprint density at radius 3 is 2.39 bits per heavy atom. The van der Waals surface area contributed by atoms with Gasteiger partial charge in [0.2, 0.25) is 0 Å². The van der Waals surface area contributed by atoms with Crippen LogP contribution < -0.4 is 20.3 Å². The van der Waals surface area contributed by atoms with Gasteiger partial charge in [0.15, 0.2) is 0 Å².